The zero-order valence-electron chi connectivity index (χ0n) is 16.1. The summed E-state index contributed by atoms with van der Waals surface area (Å²) in [7, 11) is 1.56. The van der Waals surface area contributed by atoms with Gasteiger partial charge in [0.2, 0.25) is 0 Å². The highest BCUT2D eigenvalue weighted by atomic mass is 79.9. The minimum Gasteiger partial charge on any atom is -0.496 e. The molecule has 5 nitrogen and oxygen atoms in total. The number of ether oxygens (including phenoxy) is 1. The molecule has 9 heteroatoms. The van der Waals surface area contributed by atoms with Gasteiger partial charge in [0, 0.05) is 16.8 Å². The number of methoxy groups -OCH3 is 1. The molecule has 4 rings (SSSR count). The van der Waals surface area contributed by atoms with Crippen molar-refractivity contribution in [1.82, 2.24) is 10.3 Å². The maximum Gasteiger partial charge on any atom is 0.257 e. The van der Waals surface area contributed by atoms with Gasteiger partial charge in [-0.1, -0.05) is 23.7 Å². The van der Waals surface area contributed by atoms with E-state index in [1.54, 1.807) is 42.7 Å². The molecule has 156 valence electrons. The van der Waals surface area contributed by atoms with Crippen LogP contribution in [0.1, 0.15) is 10.4 Å². The van der Waals surface area contributed by atoms with Gasteiger partial charge in [-0.05, 0) is 76.7 Å². The molecule has 0 aliphatic heterocycles. The lowest BCUT2D eigenvalue weighted by molar-refractivity contribution is 0.0977. The Labute approximate surface area is 201 Å². The fourth-order valence-corrected chi connectivity index (χ4v) is 4.98. The van der Waals surface area contributed by atoms with Crippen LogP contribution in [0.4, 0.5) is 5.69 Å². The standard InChI is InChI=1S/C22H15BrClN3O2S2/c1-29-18-9-6-12(10-15(18)23)20(28)27-22(30)25-13-7-8-14(16(24)11-13)21-26-17-4-2-3-5-19(17)31-21/h2-11H,1H3,(H2,25,27,28,30). The zero-order chi connectivity index (χ0) is 22.0. The highest BCUT2D eigenvalue weighted by Gasteiger charge is 2.13. The minimum atomic E-state index is -0.335. The van der Waals surface area contributed by atoms with Gasteiger partial charge in [0.1, 0.15) is 10.8 Å². The van der Waals surface area contributed by atoms with Crippen LogP contribution in [0.15, 0.2) is 65.1 Å². The number of rotatable bonds is 4. The first-order valence-corrected chi connectivity index (χ1v) is 11.5. The summed E-state index contributed by atoms with van der Waals surface area (Å²) < 4.78 is 6.96. The number of para-hydroxylation sites is 1. The first-order valence-electron chi connectivity index (χ1n) is 9.06. The lowest BCUT2D eigenvalue weighted by atomic mass is 10.2. The van der Waals surface area contributed by atoms with Gasteiger partial charge >= 0.3 is 0 Å². The summed E-state index contributed by atoms with van der Waals surface area (Å²) in [6.07, 6.45) is 0. The van der Waals surface area contributed by atoms with E-state index in [0.717, 1.165) is 20.8 Å². The molecular formula is C22H15BrClN3O2S2. The molecule has 0 unspecified atom stereocenters. The number of anilines is 1. The van der Waals surface area contributed by atoms with Crippen LogP contribution in [0.3, 0.4) is 0 Å². The maximum atomic E-state index is 12.5. The third-order valence-corrected chi connectivity index (χ3v) is 6.60. The quantitative estimate of drug-likeness (QED) is 0.293. The van der Waals surface area contributed by atoms with Crippen molar-refractivity contribution >= 4 is 78.0 Å². The monoisotopic (exact) mass is 531 g/mol. The Bertz CT molecular complexity index is 1280. The van der Waals surface area contributed by atoms with Gasteiger partial charge in [-0.25, -0.2) is 4.98 Å². The van der Waals surface area contributed by atoms with Gasteiger partial charge in [0.15, 0.2) is 5.11 Å². The lowest BCUT2D eigenvalue weighted by Gasteiger charge is -2.11. The molecule has 0 aliphatic carbocycles. The second kappa shape index (κ2) is 9.32. The van der Waals surface area contributed by atoms with E-state index in [4.69, 9.17) is 28.6 Å². The number of hydrogen-bond donors (Lipinski definition) is 2. The molecule has 0 bridgehead atoms. The van der Waals surface area contributed by atoms with E-state index in [-0.39, 0.29) is 11.0 Å². The molecule has 0 saturated heterocycles. The molecule has 3 aromatic carbocycles. The van der Waals surface area contributed by atoms with E-state index < -0.39 is 0 Å². The summed E-state index contributed by atoms with van der Waals surface area (Å²) in [6, 6.07) is 18.5. The van der Waals surface area contributed by atoms with Gasteiger partial charge in [0.05, 0.1) is 26.8 Å². The largest absolute Gasteiger partial charge is 0.496 e. The number of fused-ring (bicyclic) bond motifs is 1. The number of aromatic nitrogens is 1. The summed E-state index contributed by atoms with van der Waals surface area (Å²) in [5.74, 6) is 0.304. The smallest absolute Gasteiger partial charge is 0.257 e. The third kappa shape index (κ3) is 4.88. The van der Waals surface area contributed by atoms with Crippen LogP contribution in [-0.4, -0.2) is 23.1 Å². The molecule has 0 radical (unpaired) electrons. The van der Waals surface area contributed by atoms with Gasteiger partial charge in [-0.15, -0.1) is 11.3 Å². The van der Waals surface area contributed by atoms with Gasteiger partial charge in [-0.2, -0.15) is 0 Å². The number of thiazole rings is 1. The molecule has 0 fully saturated rings. The van der Waals surface area contributed by atoms with E-state index in [2.05, 4.69) is 31.5 Å². The molecule has 2 N–H and O–H groups in total. The van der Waals surface area contributed by atoms with Crippen molar-refractivity contribution in [1.29, 1.82) is 0 Å². The number of nitrogens with zero attached hydrogens (tertiary/aromatic N) is 1. The van der Waals surface area contributed by atoms with Gasteiger partial charge in [0.25, 0.3) is 5.91 Å². The van der Waals surface area contributed by atoms with E-state index >= 15 is 0 Å². The number of carbonyl (C=O) groups excluding carboxylic acids is 1. The molecule has 1 heterocycles. The number of carbonyl (C=O) groups is 1. The molecule has 0 atom stereocenters. The fraction of sp³-hybridized carbons (Fsp3) is 0.0455. The Hall–Kier alpha value is -2.52. The maximum absolute atomic E-state index is 12.5. The Kier molecular flexibility index (Phi) is 6.52. The highest BCUT2D eigenvalue weighted by Crippen LogP contribution is 2.35. The van der Waals surface area contributed by atoms with Crippen molar-refractivity contribution in [3.05, 3.63) is 75.7 Å². The van der Waals surface area contributed by atoms with Gasteiger partial charge in [-0.3, -0.25) is 10.1 Å². The van der Waals surface area contributed by atoms with Crippen LogP contribution in [0.25, 0.3) is 20.8 Å². The number of hydrogen-bond acceptors (Lipinski definition) is 5. The Morgan fingerprint density at radius 3 is 2.68 bits per heavy atom. The van der Waals surface area contributed by atoms with Crippen molar-refractivity contribution in [2.45, 2.75) is 0 Å². The highest BCUT2D eigenvalue weighted by molar-refractivity contribution is 9.10. The molecule has 0 aliphatic rings. The number of nitrogens with one attached hydrogen (secondary N) is 2. The second-order valence-electron chi connectivity index (χ2n) is 6.44. The topological polar surface area (TPSA) is 63.2 Å². The minimum absolute atomic E-state index is 0.167. The SMILES string of the molecule is COc1ccc(C(=O)NC(=S)Nc2ccc(-c3nc4ccccc4s3)c(Cl)c2)cc1Br. The first-order chi connectivity index (χ1) is 14.9. The van der Waals surface area contributed by atoms with Crippen LogP contribution in [0.2, 0.25) is 5.02 Å². The summed E-state index contributed by atoms with van der Waals surface area (Å²) in [6.45, 7) is 0. The van der Waals surface area contributed by atoms with Crippen molar-refractivity contribution < 1.29 is 9.53 Å². The summed E-state index contributed by atoms with van der Waals surface area (Å²) in [5, 5.41) is 7.20. The van der Waals surface area contributed by atoms with Gasteiger partial charge < -0.3 is 10.1 Å². The van der Waals surface area contributed by atoms with Crippen LogP contribution >= 0.6 is 51.1 Å². The zero-order valence-corrected chi connectivity index (χ0v) is 20.1. The predicted octanol–water partition coefficient (Wildman–Crippen LogP) is 6.51. The normalized spacial score (nSPS) is 10.7. The summed E-state index contributed by atoms with van der Waals surface area (Å²) in [5.41, 5.74) is 2.89. The number of benzene rings is 3. The Morgan fingerprint density at radius 2 is 1.97 bits per heavy atom. The number of amides is 1. The van der Waals surface area contributed by atoms with E-state index in [0.29, 0.717) is 26.5 Å². The summed E-state index contributed by atoms with van der Waals surface area (Å²) in [4.78, 5) is 17.1. The molecule has 4 aromatic rings. The summed E-state index contributed by atoms with van der Waals surface area (Å²) >= 11 is 16.7. The Morgan fingerprint density at radius 1 is 1.16 bits per heavy atom. The lowest BCUT2D eigenvalue weighted by Crippen LogP contribution is -2.34. The van der Waals surface area contributed by atoms with Crippen molar-refractivity contribution in [3.63, 3.8) is 0 Å². The van der Waals surface area contributed by atoms with E-state index in [1.165, 1.54) is 0 Å². The van der Waals surface area contributed by atoms with Crippen molar-refractivity contribution in [2.75, 3.05) is 12.4 Å². The molecule has 31 heavy (non-hydrogen) atoms. The van der Waals surface area contributed by atoms with Crippen LogP contribution < -0.4 is 15.4 Å². The molecular weight excluding hydrogens is 518 g/mol. The molecule has 1 aromatic heterocycles. The first kappa shape index (κ1) is 21.7. The number of halogens is 2. The third-order valence-electron chi connectivity index (χ3n) is 4.39. The molecule has 0 saturated carbocycles. The average Bonchev–Trinajstić information content (AvgIpc) is 3.17. The van der Waals surface area contributed by atoms with E-state index in [1.807, 2.05) is 36.4 Å². The van der Waals surface area contributed by atoms with Crippen LogP contribution in [0.5, 0.6) is 5.75 Å². The average molecular weight is 533 g/mol. The molecule has 0 spiro atoms. The van der Waals surface area contributed by atoms with E-state index in [9.17, 15) is 4.79 Å². The van der Waals surface area contributed by atoms with Crippen molar-refractivity contribution in [2.24, 2.45) is 0 Å². The fourth-order valence-electron chi connectivity index (χ4n) is 2.90. The van der Waals surface area contributed by atoms with Crippen molar-refractivity contribution in [3.8, 4) is 16.3 Å². The Balaban J connectivity index is 1.45. The van der Waals surface area contributed by atoms with Crippen LogP contribution in [-0.2, 0) is 0 Å². The number of thiocarbonyl (C=S) groups is 1. The predicted molar refractivity (Wildman–Crippen MR) is 134 cm³/mol. The second-order valence-corrected chi connectivity index (χ2v) is 9.14. The molecule has 1 amide bonds. The van der Waals surface area contributed by atoms with Crippen LogP contribution in [0, 0.1) is 0 Å².